The Morgan fingerprint density at radius 1 is 0.868 bits per heavy atom. The third-order valence-electron chi connectivity index (χ3n) is 5.70. The normalized spacial score (nSPS) is 11.3. The number of nitrogens with one attached hydrogen (secondary N) is 1. The zero-order chi connectivity index (χ0) is 27.1. The van der Waals surface area contributed by atoms with Crippen LogP contribution in [0.5, 0.6) is 5.75 Å². The maximum Gasteiger partial charge on any atom is 0.335 e. The molecule has 4 aromatic rings. The van der Waals surface area contributed by atoms with Gasteiger partial charge in [-0.2, -0.15) is 5.10 Å². The van der Waals surface area contributed by atoms with Crippen molar-refractivity contribution in [3.05, 3.63) is 132 Å². The van der Waals surface area contributed by atoms with Gasteiger partial charge >= 0.3 is 5.97 Å². The van der Waals surface area contributed by atoms with E-state index in [0.717, 1.165) is 18.3 Å². The third kappa shape index (κ3) is 6.40. The van der Waals surface area contributed by atoms with Gasteiger partial charge in [0.05, 0.1) is 18.9 Å². The van der Waals surface area contributed by atoms with Crippen LogP contribution in [0.3, 0.4) is 0 Å². The van der Waals surface area contributed by atoms with Crippen LogP contribution >= 0.6 is 45.2 Å². The number of benzene rings is 4. The zero-order valence-corrected chi connectivity index (χ0v) is 24.2. The monoisotopic (exact) mass is 732 g/mol. The van der Waals surface area contributed by atoms with Gasteiger partial charge in [-0.25, -0.2) is 10.2 Å². The molecule has 38 heavy (non-hydrogen) atoms. The second-order valence-corrected chi connectivity index (χ2v) is 10.6. The summed E-state index contributed by atoms with van der Waals surface area (Å²) in [6, 6.07) is 27.7. The summed E-state index contributed by atoms with van der Waals surface area (Å²) in [5.74, 6) is -0.957. The highest BCUT2D eigenvalue weighted by atomic mass is 127. The quantitative estimate of drug-likeness (QED) is 0.119. The lowest BCUT2D eigenvalue weighted by molar-refractivity contribution is -0.136. The van der Waals surface area contributed by atoms with E-state index in [1.54, 1.807) is 72.8 Å². The Balaban J connectivity index is 1.47. The van der Waals surface area contributed by atoms with E-state index in [4.69, 9.17) is 9.84 Å². The SMILES string of the molecule is O=C(O)c1ccc(COc2c(I)cc(/C=N\NC(=O)C(O)(c3ccccc3)c3ccccc3)cc2I)cc1. The highest BCUT2D eigenvalue weighted by Gasteiger charge is 2.39. The molecule has 192 valence electrons. The summed E-state index contributed by atoms with van der Waals surface area (Å²) in [5, 5.41) is 24.7. The number of nitrogens with zero attached hydrogens (tertiary/aromatic N) is 1. The molecule has 3 N–H and O–H groups in total. The predicted molar refractivity (Wildman–Crippen MR) is 161 cm³/mol. The van der Waals surface area contributed by atoms with E-state index in [1.807, 2.05) is 24.3 Å². The average molecular weight is 732 g/mol. The molecule has 0 bridgehead atoms. The molecule has 0 saturated heterocycles. The smallest absolute Gasteiger partial charge is 0.335 e. The van der Waals surface area contributed by atoms with E-state index in [0.29, 0.717) is 16.9 Å². The van der Waals surface area contributed by atoms with E-state index < -0.39 is 17.5 Å². The summed E-state index contributed by atoms with van der Waals surface area (Å²) < 4.78 is 7.67. The van der Waals surface area contributed by atoms with Gasteiger partial charge in [0, 0.05) is 0 Å². The molecule has 0 aliphatic rings. The molecule has 1 amide bonds. The summed E-state index contributed by atoms with van der Waals surface area (Å²) in [6.07, 6.45) is 1.51. The average Bonchev–Trinajstić information content (AvgIpc) is 2.93. The number of ether oxygens (including phenoxy) is 1. The van der Waals surface area contributed by atoms with Gasteiger partial charge in [0.15, 0.2) is 5.60 Å². The van der Waals surface area contributed by atoms with Crippen LogP contribution in [0, 0.1) is 7.14 Å². The number of hydrogen-bond acceptors (Lipinski definition) is 5. The fourth-order valence-electron chi connectivity index (χ4n) is 3.72. The molecule has 0 aromatic heterocycles. The van der Waals surface area contributed by atoms with Gasteiger partial charge in [0.1, 0.15) is 12.4 Å². The second kappa shape index (κ2) is 12.5. The first-order valence-corrected chi connectivity index (χ1v) is 13.6. The Labute approximate surface area is 246 Å². The topological polar surface area (TPSA) is 108 Å². The fourth-order valence-corrected chi connectivity index (χ4v) is 5.85. The molecular formula is C29H22I2N2O5. The minimum absolute atomic E-state index is 0.222. The van der Waals surface area contributed by atoms with Crippen molar-refractivity contribution in [1.82, 2.24) is 5.43 Å². The van der Waals surface area contributed by atoms with Crippen LogP contribution in [-0.4, -0.2) is 28.3 Å². The summed E-state index contributed by atoms with van der Waals surface area (Å²) in [4.78, 5) is 24.2. The van der Waals surface area contributed by atoms with Crippen LogP contribution in [0.4, 0.5) is 0 Å². The lowest BCUT2D eigenvalue weighted by Gasteiger charge is -2.27. The van der Waals surface area contributed by atoms with Crippen LogP contribution in [0.2, 0.25) is 0 Å². The standard InChI is InChI=1S/C29H22I2N2O5/c30-24-15-20(16-25(31)26(24)38-18-19-11-13-21(14-12-19)27(34)35)17-32-33-28(36)29(37,22-7-3-1-4-8-22)23-9-5-2-6-10-23/h1-17,37H,18H2,(H,33,36)(H,34,35)/b32-17-. The zero-order valence-electron chi connectivity index (χ0n) is 19.8. The molecule has 9 heteroatoms. The number of amides is 1. The molecule has 4 rings (SSSR count). The lowest BCUT2D eigenvalue weighted by Crippen LogP contribution is -2.43. The van der Waals surface area contributed by atoms with Gasteiger partial charge < -0.3 is 14.9 Å². The Hall–Kier alpha value is -3.29. The first-order chi connectivity index (χ1) is 18.3. The lowest BCUT2D eigenvalue weighted by atomic mass is 9.85. The van der Waals surface area contributed by atoms with Crippen molar-refractivity contribution in [3.63, 3.8) is 0 Å². The summed E-state index contributed by atoms with van der Waals surface area (Å²) >= 11 is 4.33. The minimum Gasteiger partial charge on any atom is -0.487 e. The van der Waals surface area contributed by atoms with Crippen molar-refractivity contribution < 1.29 is 24.5 Å². The number of carboxylic acids is 1. The predicted octanol–water partition coefficient (Wildman–Crippen LogP) is 5.56. The number of carbonyl (C=O) groups is 2. The van der Waals surface area contributed by atoms with Crippen molar-refractivity contribution in [1.29, 1.82) is 0 Å². The Morgan fingerprint density at radius 3 is 1.89 bits per heavy atom. The third-order valence-corrected chi connectivity index (χ3v) is 7.30. The van der Waals surface area contributed by atoms with Gasteiger partial charge in [0.25, 0.3) is 5.91 Å². The number of carbonyl (C=O) groups excluding carboxylic acids is 1. The van der Waals surface area contributed by atoms with E-state index in [1.165, 1.54) is 6.21 Å². The van der Waals surface area contributed by atoms with E-state index in [9.17, 15) is 14.7 Å². The number of aromatic carboxylic acids is 1. The van der Waals surface area contributed by atoms with Gasteiger partial charge in [0.2, 0.25) is 0 Å². The van der Waals surface area contributed by atoms with Gasteiger partial charge in [-0.15, -0.1) is 0 Å². The van der Waals surface area contributed by atoms with E-state index in [-0.39, 0.29) is 12.2 Å². The van der Waals surface area contributed by atoms with Crippen molar-refractivity contribution in [2.45, 2.75) is 12.2 Å². The fraction of sp³-hybridized carbons (Fsp3) is 0.0690. The maximum atomic E-state index is 13.2. The molecule has 0 spiro atoms. The number of carboxylic acid groups (broad SMARTS) is 1. The first kappa shape index (κ1) is 27.7. The molecular weight excluding hydrogens is 710 g/mol. The van der Waals surface area contributed by atoms with Crippen molar-refractivity contribution in [3.8, 4) is 5.75 Å². The molecule has 0 aliphatic heterocycles. The Kier molecular flexibility index (Phi) is 9.13. The van der Waals surface area contributed by atoms with Crippen LogP contribution in [-0.2, 0) is 17.0 Å². The number of aliphatic hydroxyl groups is 1. The van der Waals surface area contributed by atoms with E-state index >= 15 is 0 Å². The molecule has 4 aromatic carbocycles. The molecule has 0 atom stereocenters. The number of hydrogen-bond donors (Lipinski definition) is 3. The van der Waals surface area contributed by atoms with Crippen LogP contribution < -0.4 is 10.2 Å². The largest absolute Gasteiger partial charge is 0.487 e. The molecule has 0 heterocycles. The first-order valence-electron chi connectivity index (χ1n) is 11.4. The van der Waals surface area contributed by atoms with Gasteiger partial charge in [-0.3, -0.25) is 4.79 Å². The van der Waals surface area contributed by atoms with Crippen LogP contribution in [0.1, 0.15) is 32.6 Å². The second-order valence-electron chi connectivity index (χ2n) is 8.25. The summed E-state index contributed by atoms with van der Waals surface area (Å²) in [6.45, 7) is 0.285. The minimum atomic E-state index is -1.91. The van der Waals surface area contributed by atoms with Gasteiger partial charge in [-0.1, -0.05) is 72.8 Å². The number of halogens is 2. The molecule has 0 radical (unpaired) electrons. The molecule has 0 saturated carbocycles. The molecule has 0 aliphatic carbocycles. The van der Waals surface area contributed by atoms with Crippen molar-refractivity contribution in [2.24, 2.45) is 5.10 Å². The Morgan fingerprint density at radius 2 is 1.39 bits per heavy atom. The number of rotatable bonds is 9. The summed E-state index contributed by atoms with van der Waals surface area (Å²) in [5.41, 5.74) is 3.24. The highest BCUT2D eigenvalue weighted by molar-refractivity contribution is 14.1. The molecule has 0 unspecified atom stereocenters. The molecule has 7 nitrogen and oxygen atoms in total. The van der Waals surface area contributed by atoms with Crippen LogP contribution in [0.25, 0.3) is 0 Å². The molecule has 0 fully saturated rings. The highest BCUT2D eigenvalue weighted by Crippen LogP contribution is 2.31. The Bertz CT molecular complexity index is 1400. The summed E-state index contributed by atoms with van der Waals surface area (Å²) in [7, 11) is 0. The van der Waals surface area contributed by atoms with Crippen molar-refractivity contribution >= 4 is 63.3 Å². The van der Waals surface area contributed by atoms with Crippen molar-refractivity contribution in [2.75, 3.05) is 0 Å². The van der Waals surface area contributed by atoms with Crippen LogP contribution in [0.15, 0.2) is 102 Å². The van der Waals surface area contributed by atoms with Gasteiger partial charge in [-0.05, 0) is 91.7 Å². The maximum absolute atomic E-state index is 13.2. The number of hydrazone groups is 1. The van der Waals surface area contributed by atoms with E-state index in [2.05, 4.69) is 55.7 Å².